The molecule has 18 heavy (non-hydrogen) atoms. The van der Waals surface area contributed by atoms with Crippen molar-refractivity contribution in [3.63, 3.8) is 0 Å². The highest BCUT2D eigenvalue weighted by molar-refractivity contribution is 5.76. The summed E-state index contributed by atoms with van der Waals surface area (Å²) in [6.45, 7) is 6.18. The molecule has 1 aliphatic rings. The predicted molar refractivity (Wildman–Crippen MR) is 74.8 cm³/mol. The Hall–Kier alpha value is -1.01. The first kappa shape index (κ1) is 15.0. The lowest BCUT2D eigenvalue weighted by atomic mass is 9.93. The maximum absolute atomic E-state index is 12.2. The van der Waals surface area contributed by atoms with Gasteiger partial charge in [0.25, 0.3) is 0 Å². The van der Waals surface area contributed by atoms with Gasteiger partial charge in [0.15, 0.2) is 0 Å². The molecular weight excluding hydrogens is 224 g/mol. The summed E-state index contributed by atoms with van der Waals surface area (Å²) >= 11 is 0. The maximum Gasteiger partial charge on any atom is 0.223 e. The lowest BCUT2D eigenvalue weighted by molar-refractivity contribution is -0.131. The highest BCUT2D eigenvalue weighted by Crippen LogP contribution is 2.30. The first-order valence-electron chi connectivity index (χ1n) is 6.98. The number of nitrogens with two attached hydrogens (primary N) is 1. The van der Waals surface area contributed by atoms with Gasteiger partial charge < -0.3 is 10.6 Å². The fourth-order valence-corrected chi connectivity index (χ4v) is 2.28. The first-order chi connectivity index (χ1) is 8.56. The molecule has 1 atom stereocenters. The summed E-state index contributed by atoms with van der Waals surface area (Å²) in [7, 11) is 0. The number of amides is 1. The van der Waals surface area contributed by atoms with Gasteiger partial charge in [-0.1, -0.05) is 19.8 Å². The molecule has 0 aromatic rings. The molecule has 0 aromatic heterocycles. The Labute approximate surface area is 111 Å². The average molecular weight is 250 g/mol. The van der Waals surface area contributed by atoms with Crippen molar-refractivity contribution in [3.8, 4) is 12.3 Å². The van der Waals surface area contributed by atoms with E-state index in [4.69, 9.17) is 12.2 Å². The van der Waals surface area contributed by atoms with E-state index < -0.39 is 0 Å². The molecular formula is C15H26N2O. The zero-order valence-electron chi connectivity index (χ0n) is 11.7. The van der Waals surface area contributed by atoms with Gasteiger partial charge in [-0.2, -0.15) is 0 Å². The molecule has 1 fully saturated rings. The van der Waals surface area contributed by atoms with Crippen LogP contribution in [-0.2, 0) is 4.79 Å². The van der Waals surface area contributed by atoms with Gasteiger partial charge >= 0.3 is 0 Å². The van der Waals surface area contributed by atoms with Crippen LogP contribution in [-0.4, -0.2) is 30.4 Å². The van der Waals surface area contributed by atoms with Gasteiger partial charge in [-0.05, 0) is 43.6 Å². The van der Waals surface area contributed by atoms with Crippen molar-refractivity contribution in [3.05, 3.63) is 0 Å². The van der Waals surface area contributed by atoms with Crippen molar-refractivity contribution in [2.24, 2.45) is 23.5 Å². The van der Waals surface area contributed by atoms with Crippen LogP contribution in [0.3, 0.4) is 0 Å². The van der Waals surface area contributed by atoms with Crippen molar-refractivity contribution in [1.29, 1.82) is 0 Å². The summed E-state index contributed by atoms with van der Waals surface area (Å²) in [6, 6.07) is 0. The minimum Gasteiger partial charge on any atom is -0.331 e. The highest BCUT2D eigenvalue weighted by atomic mass is 16.2. The third-order valence-corrected chi connectivity index (χ3v) is 3.41. The van der Waals surface area contributed by atoms with E-state index in [0.717, 1.165) is 13.0 Å². The van der Waals surface area contributed by atoms with Crippen LogP contribution in [0.25, 0.3) is 0 Å². The van der Waals surface area contributed by atoms with E-state index in [0.29, 0.717) is 31.3 Å². The lowest BCUT2D eigenvalue weighted by Gasteiger charge is -2.23. The number of carbonyl (C=O) groups excluding carboxylic acids is 1. The molecule has 3 heteroatoms. The Morgan fingerprint density at radius 2 is 2.17 bits per heavy atom. The normalized spacial score (nSPS) is 16.4. The Bertz CT molecular complexity index is 302. The number of carbonyl (C=O) groups is 1. The van der Waals surface area contributed by atoms with Gasteiger partial charge in [0.2, 0.25) is 5.91 Å². The molecule has 1 amide bonds. The third kappa shape index (κ3) is 5.55. The second-order valence-electron chi connectivity index (χ2n) is 5.86. The molecule has 0 aromatic carbocycles. The molecule has 0 unspecified atom stereocenters. The summed E-state index contributed by atoms with van der Waals surface area (Å²) in [4.78, 5) is 14.1. The van der Waals surface area contributed by atoms with Gasteiger partial charge in [-0.25, -0.2) is 0 Å². The zero-order valence-corrected chi connectivity index (χ0v) is 11.7. The van der Waals surface area contributed by atoms with Gasteiger partial charge in [-0.3, -0.25) is 4.79 Å². The molecule has 3 nitrogen and oxygen atoms in total. The molecule has 0 radical (unpaired) electrons. The summed E-state index contributed by atoms with van der Waals surface area (Å²) in [5.41, 5.74) is 5.75. The topological polar surface area (TPSA) is 46.3 Å². The quantitative estimate of drug-likeness (QED) is 0.668. The van der Waals surface area contributed by atoms with E-state index in [9.17, 15) is 4.79 Å². The van der Waals surface area contributed by atoms with Crippen LogP contribution in [0, 0.1) is 30.1 Å². The molecule has 0 heterocycles. The van der Waals surface area contributed by atoms with E-state index in [1.165, 1.54) is 12.8 Å². The van der Waals surface area contributed by atoms with E-state index >= 15 is 0 Å². The van der Waals surface area contributed by atoms with Crippen LogP contribution >= 0.6 is 0 Å². The van der Waals surface area contributed by atoms with Crippen LogP contribution in [0.4, 0.5) is 0 Å². The Balaban J connectivity index is 2.45. The highest BCUT2D eigenvalue weighted by Gasteiger charge is 2.27. The van der Waals surface area contributed by atoms with E-state index in [1.807, 2.05) is 4.90 Å². The Morgan fingerprint density at radius 3 is 2.61 bits per heavy atom. The second kappa shape index (κ2) is 7.43. The second-order valence-corrected chi connectivity index (χ2v) is 5.86. The number of nitrogens with zero attached hydrogens (tertiary/aromatic N) is 1. The lowest BCUT2D eigenvalue weighted by Crippen LogP contribution is -2.35. The van der Waals surface area contributed by atoms with Crippen molar-refractivity contribution in [2.75, 3.05) is 19.6 Å². The zero-order chi connectivity index (χ0) is 13.5. The van der Waals surface area contributed by atoms with E-state index in [-0.39, 0.29) is 11.8 Å². The molecule has 0 bridgehead atoms. The first-order valence-corrected chi connectivity index (χ1v) is 6.98. The minimum atomic E-state index is 0.177. The van der Waals surface area contributed by atoms with Crippen molar-refractivity contribution >= 4 is 5.91 Å². The average Bonchev–Trinajstić information content (AvgIpc) is 3.10. The monoisotopic (exact) mass is 250 g/mol. The molecule has 1 aliphatic carbocycles. The summed E-state index contributed by atoms with van der Waals surface area (Å²) in [5.74, 6) is 4.32. The Morgan fingerprint density at radius 1 is 1.50 bits per heavy atom. The molecule has 0 saturated heterocycles. The Kier molecular flexibility index (Phi) is 6.21. The summed E-state index contributed by atoms with van der Waals surface area (Å²) in [6.07, 6.45) is 9.37. The van der Waals surface area contributed by atoms with Crippen LogP contribution in [0.5, 0.6) is 0 Å². The summed E-state index contributed by atoms with van der Waals surface area (Å²) < 4.78 is 0. The van der Waals surface area contributed by atoms with Crippen molar-refractivity contribution in [2.45, 2.75) is 39.5 Å². The number of terminal acetylenes is 1. The fraction of sp³-hybridized carbons (Fsp3) is 0.800. The SMILES string of the molecule is C#CCN(CC1CC1)C(=O)C[C@@H](CN)CC(C)C. The number of hydrogen-bond acceptors (Lipinski definition) is 2. The van der Waals surface area contributed by atoms with E-state index in [2.05, 4.69) is 19.8 Å². The van der Waals surface area contributed by atoms with E-state index in [1.54, 1.807) is 0 Å². The fourth-order valence-electron chi connectivity index (χ4n) is 2.28. The molecule has 1 rings (SSSR count). The minimum absolute atomic E-state index is 0.177. The van der Waals surface area contributed by atoms with Crippen molar-refractivity contribution < 1.29 is 4.79 Å². The van der Waals surface area contributed by atoms with Crippen LogP contribution < -0.4 is 5.73 Å². The molecule has 0 aliphatic heterocycles. The largest absolute Gasteiger partial charge is 0.331 e. The summed E-state index contributed by atoms with van der Waals surface area (Å²) in [5, 5.41) is 0. The van der Waals surface area contributed by atoms with Crippen LogP contribution in [0.15, 0.2) is 0 Å². The molecule has 0 spiro atoms. The van der Waals surface area contributed by atoms with Gasteiger partial charge in [0, 0.05) is 13.0 Å². The smallest absolute Gasteiger partial charge is 0.223 e. The van der Waals surface area contributed by atoms with Gasteiger partial charge in [0.05, 0.1) is 6.54 Å². The standard InChI is InChI=1S/C15H26N2O/c1-4-7-17(11-13-5-6-13)15(18)9-14(10-16)8-12(2)3/h1,12-14H,5-11,16H2,2-3H3/t14-/m0/s1. The number of rotatable bonds is 8. The van der Waals surface area contributed by atoms with Crippen molar-refractivity contribution in [1.82, 2.24) is 4.90 Å². The van der Waals surface area contributed by atoms with Gasteiger partial charge in [0.1, 0.15) is 0 Å². The number of hydrogen-bond donors (Lipinski definition) is 1. The third-order valence-electron chi connectivity index (χ3n) is 3.41. The predicted octanol–water partition coefficient (Wildman–Crippen LogP) is 1.87. The van der Waals surface area contributed by atoms with Crippen LogP contribution in [0.1, 0.15) is 39.5 Å². The van der Waals surface area contributed by atoms with Crippen LogP contribution in [0.2, 0.25) is 0 Å². The maximum atomic E-state index is 12.2. The molecule has 2 N–H and O–H groups in total. The van der Waals surface area contributed by atoms with Gasteiger partial charge in [-0.15, -0.1) is 6.42 Å². The molecule has 1 saturated carbocycles. The molecule has 102 valence electrons.